The molecule has 0 saturated carbocycles. The lowest BCUT2D eigenvalue weighted by Gasteiger charge is -2.12. The molecule has 10 nitrogen and oxygen atoms in total. The summed E-state index contributed by atoms with van der Waals surface area (Å²) in [7, 11) is 0. The highest BCUT2D eigenvalue weighted by atomic mass is 19.1. The molecule has 186 valence electrons. The first-order chi connectivity index (χ1) is 17.2. The second kappa shape index (κ2) is 9.98. The Balaban J connectivity index is 1.83. The average Bonchev–Trinajstić information content (AvgIpc) is 3.18. The van der Waals surface area contributed by atoms with Crippen LogP contribution in [0.1, 0.15) is 30.6 Å². The van der Waals surface area contributed by atoms with Crippen molar-refractivity contribution in [1.29, 1.82) is 0 Å². The number of halogens is 1. The van der Waals surface area contributed by atoms with E-state index in [1.54, 1.807) is 6.07 Å². The maximum Gasteiger partial charge on any atom is 0.352 e. The minimum atomic E-state index is -0.698. The van der Waals surface area contributed by atoms with Gasteiger partial charge in [0.2, 0.25) is 11.7 Å². The lowest BCUT2D eigenvalue weighted by atomic mass is 10.1. The quantitative estimate of drug-likeness (QED) is 0.366. The molecule has 0 aliphatic heterocycles. The highest BCUT2D eigenvalue weighted by Crippen LogP contribution is 2.15. The molecule has 2 amide bonds. The summed E-state index contributed by atoms with van der Waals surface area (Å²) in [5.41, 5.74) is -0.722. The largest absolute Gasteiger partial charge is 0.352 e. The van der Waals surface area contributed by atoms with Crippen molar-refractivity contribution in [3.8, 4) is 0 Å². The van der Waals surface area contributed by atoms with Gasteiger partial charge in [0.15, 0.2) is 0 Å². The standard InChI is InChI=1S/C25H25FN6O4/c1-4-12-30-23(35)17-11-10-16(22(34)27-15(3)5-2)13-20(17)32-24(30)29-31(25(32)36)14-21(33)28-19-9-7-6-8-18(19)26/h4,6-11,13,15H,1,5,12,14H2,2-3H3,(H,27,34)(H,28,33)/t15-/m1/s1. The third-order valence-electron chi connectivity index (χ3n) is 5.78. The van der Waals surface area contributed by atoms with Crippen molar-refractivity contribution in [3.63, 3.8) is 0 Å². The second-order valence-corrected chi connectivity index (χ2v) is 8.32. The summed E-state index contributed by atoms with van der Waals surface area (Å²) in [5.74, 6) is -1.67. The molecule has 2 N–H and O–H groups in total. The molecule has 0 radical (unpaired) electrons. The van der Waals surface area contributed by atoms with Crippen molar-refractivity contribution >= 4 is 34.2 Å². The van der Waals surface area contributed by atoms with Crippen molar-refractivity contribution < 1.29 is 14.0 Å². The molecule has 2 aromatic heterocycles. The zero-order valence-corrected chi connectivity index (χ0v) is 19.8. The summed E-state index contributed by atoms with van der Waals surface area (Å²) in [6.07, 6.45) is 2.21. The van der Waals surface area contributed by atoms with E-state index in [1.807, 2.05) is 13.8 Å². The SMILES string of the molecule is C=CCn1c(=O)c2ccc(C(=O)N[C@H](C)CC)cc2n2c(=O)n(CC(=O)Nc3ccccc3F)nc12. The van der Waals surface area contributed by atoms with Crippen LogP contribution in [-0.2, 0) is 17.9 Å². The lowest BCUT2D eigenvalue weighted by molar-refractivity contribution is -0.117. The number of hydrogen-bond donors (Lipinski definition) is 2. The van der Waals surface area contributed by atoms with E-state index in [-0.39, 0.29) is 46.4 Å². The van der Waals surface area contributed by atoms with Gasteiger partial charge in [0.25, 0.3) is 11.5 Å². The van der Waals surface area contributed by atoms with Gasteiger partial charge in [-0.15, -0.1) is 11.7 Å². The molecular weight excluding hydrogens is 467 g/mol. The lowest BCUT2D eigenvalue weighted by Crippen LogP contribution is -2.32. The van der Waals surface area contributed by atoms with Crippen LogP contribution in [0.2, 0.25) is 0 Å². The predicted molar refractivity (Wildman–Crippen MR) is 134 cm³/mol. The molecule has 1 atom stereocenters. The second-order valence-electron chi connectivity index (χ2n) is 8.32. The molecule has 0 fully saturated rings. The van der Waals surface area contributed by atoms with Crippen molar-refractivity contribution in [2.75, 3.05) is 5.32 Å². The molecule has 2 aromatic carbocycles. The van der Waals surface area contributed by atoms with Crippen LogP contribution >= 0.6 is 0 Å². The number of anilines is 1. The van der Waals surface area contributed by atoms with E-state index in [2.05, 4.69) is 22.3 Å². The molecule has 0 aliphatic rings. The first-order valence-corrected chi connectivity index (χ1v) is 11.4. The average molecular weight is 493 g/mol. The van der Waals surface area contributed by atoms with E-state index in [4.69, 9.17) is 0 Å². The summed E-state index contributed by atoms with van der Waals surface area (Å²) in [6, 6.07) is 10.0. The van der Waals surface area contributed by atoms with Crippen LogP contribution in [0, 0.1) is 5.82 Å². The van der Waals surface area contributed by atoms with Crippen LogP contribution in [0.15, 0.2) is 64.7 Å². The zero-order chi connectivity index (χ0) is 26.0. The minimum absolute atomic E-state index is 0.0180. The maximum atomic E-state index is 13.9. The van der Waals surface area contributed by atoms with Crippen LogP contribution in [-0.4, -0.2) is 36.6 Å². The number of para-hydroxylation sites is 1. The van der Waals surface area contributed by atoms with E-state index >= 15 is 0 Å². The van der Waals surface area contributed by atoms with E-state index in [0.717, 1.165) is 11.1 Å². The third kappa shape index (κ3) is 4.54. The number of benzene rings is 2. The van der Waals surface area contributed by atoms with Crippen molar-refractivity contribution in [2.24, 2.45) is 0 Å². The fraction of sp³-hybridized carbons (Fsp3) is 0.240. The van der Waals surface area contributed by atoms with Gasteiger partial charge in [-0.05, 0) is 43.7 Å². The van der Waals surface area contributed by atoms with E-state index in [1.165, 1.54) is 51.4 Å². The highest BCUT2D eigenvalue weighted by Gasteiger charge is 2.20. The smallest absolute Gasteiger partial charge is 0.350 e. The summed E-state index contributed by atoms with van der Waals surface area (Å²) < 4.78 is 17.2. The first-order valence-electron chi connectivity index (χ1n) is 11.4. The molecule has 4 aromatic rings. The summed E-state index contributed by atoms with van der Waals surface area (Å²) >= 11 is 0. The molecule has 2 heterocycles. The van der Waals surface area contributed by atoms with Crippen molar-refractivity contribution in [3.05, 3.63) is 87.3 Å². The molecule has 0 bridgehead atoms. The summed E-state index contributed by atoms with van der Waals surface area (Å²) in [6.45, 7) is 7.00. The fourth-order valence-corrected chi connectivity index (χ4v) is 3.75. The Bertz CT molecular complexity index is 1620. The molecule has 0 aliphatic carbocycles. The highest BCUT2D eigenvalue weighted by molar-refractivity contribution is 5.98. The van der Waals surface area contributed by atoms with E-state index in [0.29, 0.717) is 0 Å². The number of nitrogens with zero attached hydrogens (tertiary/aromatic N) is 4. The Kier molecular flexibility index (Phi) is 6.82. The van der Waals surface area contributed by atoms with Crippen LogP contribution in [0.5, 0.6) is 0 Å². The summed E-state index contributed by atoms with van der Waals surface area (Å²) in [4.78, 5) is 51.8. The monoisotopic (exact) mass is 492 g/mol. The molecule has 0 unspecified atom stereocenters. The number of amides is 2. The molecule has 0 saturated heterocycles. The molecular formula is C25H25FN6O4. The van der Waals surface area contributed by atoms with Crippen LogP contribution in [0.3, 0.4) is 0 Å². The van der Waals surface area contributed by atoms with Gasteiger partial charge < -0.3 is 10.6 Å². The topological polar surface area (TPSA) is 120 Å². The van der Waals surface area contributed by atoms with Gasteiger partial charge in [-0.25, -0.2) is 18.3 Å². The first kappa shape index (κ1) is 24.6. The Hall–Kier alpha value is -4.54. The molecule has 11 heteroatoms. The minimum Gasteiger partial charge on any atom is -0.350 e. The Morgan fingerprint density at radius 3 is 2.64 bits per heavy atom. The van der Waals surface area contributed by atoms with Gasteiger partial charge >= 0.3 is 5.69 Å². The maximum absolute atomic E-state index is 13.9. The van der Waals surface area contributed by atoms with Gasteiger partial charge in [0.1, 0.15) is 12.4 Å². The fourth-order valence-electron chi connectivity index (χ4n) is 3.75. The van der Waals surface area contributed by atoms with E-state index in [9.17, 15) is 23.6 Å². The van der Waals surface area contributed by atoms with Gasteiger partial charge in [0.05, 0.1) is 16.6 Å². The Morgan fingerprint density at radius 2 is 1.94 bits per heavy atom. The summed E-state index contributed by atoms with van der Waals surface area (Å²) in [5, 5.41) is 9.66. The number of fused-ring (bicyclic) bond motifs is 3. The number of carbonyl (C=O) groups is 2. The van der Waals surface area contributed by atoms with Gasteiger partial charge in [0, 0.05) is 18.2 Å². The number of allylic oxidation sites excluding steroid dienone is 1. The number of nitrogens with one attached hydrogen (secondary N) is 2. The number of aromatic nitrogens is 4. The predicted octanol–water partition coefficient (Wildman–Crippen LogP) is 2.30. The van der Waals surface area contributed by atoms with Crippen LogP contribution in [0.4, 0.5) is 10.1 Å². The van der Waals surface area contributed by atoms with Crippen molar-refractivity contribution in [2.45, 2.75) is 39.4 Å². The van der Waals surface area contributed by atoms with Crippen LogP contribution in [0.25, 0.3) is 16.7 Å². The number of carbonyl (C=O) groups excluding carboxylic acids is 2. The van der Waals surface area contributed by atoms with Gasteiger partial charge in [-0.3, -0.25) is 19.0 Å². The van der Waals surface area contributed by atoms with Gasteiger partial charge in [-0.1, -0.05) is 25.1 Å². The van der Waals surface area contributed by atoms with E-state index < -0.39 is 29.5 Å². The number of hydrogen-bond acceptors (Lipinski definition) is 5. The Labute approximate surface area is 204 Å². The molecule has 4 rings (SSSR count). The van der Waals surface area contributed by atoms with Crippen LogP contribution < -0.4 is 21.9 Å². The van der Waals surface area contributed by atoms with Gasteiger partial charge in [-0.2, -0.15) is 0 Å². The molecule has 0 spiro atoms. The van der Waals surface area contributed by atoms with Crippen molar-refractivity contribution in [1.82, 2.24) is 24.1 Å². The normalized spacial score (nSPS) is 12.0. The Morgan fingerprint density at radius 1 is 1.19 bits per heavy atom. The molecule has 36 heavy (non-hydrogen) atoms. The third-order valence-corrected chi connectivity index (χ3v) is 5.78. The zero-order valence-electron chi connectivity index (χ0n) is 19.8. The number of rotatable bonds is 8.